The van der Waals surface area contributed by atoms with E-state index in [0.29, 0.717) is 11.8 Å². The minimum absolute atomic E-state index is 0.205. The van der Waals surface area contributed by atoms with Crippen molar-refractivity contribution in [3.8, 4) is 5.75 Å². The van der Waals surface area contributed by atoms with Crippen LogP contribution in [0.25, 0.3) is 10.8 Å². The normalized spacial score (nSPS) is 30.2. The number of rotatable bonds is 4. The first-order valence-corrected chi connectivity index (χ1v) is 8.82. The molecule has 2 aromatic rings. The largest absolute Gasteiger partial charge is 0.497 e. The van der Waals surface area contributed by atoms with Crippen LogP contribution in [0.3, 0.4) is 0 Å². The highest BCUT2D eigenvalue weighted by Crippen LogP contribution is 2.42. The average molecular weight is 323 g/mol. The standard InChI is InChI=1S/C21H25NO2/c1-3-14-13-22-10-9-16(14)11-20(22)21(23)18-6-4-5-15-7-8-17(24-2)12-19(15)18/h3-8,12,14,16,20-21,23H,1,9-11,13H2,2H3/t14-,16-,20-,21+/m0/s1. The van der Waals surface area contributed by atoms with Crippen LogP contribution in [0, 0.1) is 11.8 Å². The van der Waals surface area contributed by atoms with Crippen LogP contribution < -0.4 is 4.74 Å². The summed E-state index contributed by atoms with van der Waals surface area (Å²) in [5, 5.41) is 13.4. The fraction of sp³-hybridized carbons (Fsp3) is 0.429. The van der Waals surface area contributed by atoms with Crippen LogP contribution in [0.5, 0.6) is 5.75 Å². The minimum Gasteiger partial charge on any atom is -0.497 e. The van der Waals surface area contributed by atoms with Crippen molar-refractivity contribution in [3.63, 3.8) is 0 Å². The Labute approximate surface area is 143 Å². The number of hydrogen-bond acceptors (Lipinski definition) is 3. The van der Waals surface area contributed by atoms with E-state index < -0.39 is 6.10 Å². The minimum atomic E-state index is -0.464. The molecule has 3 fully saturated rings. The quantitative estimate of drug-likeness (QED) is 0.869. The summed E-state index contributed by atoms with van der Waals surface area (Å²) in [7, 11) is 1.68. The maximum Gasteiger partial charge on any atom is 0.119 e. The van der Waals surface area contributed by atoms with Gasteiger partial charge < -0.3 is 9.84 Å². The van der Waals surface area contributed by atoms with E-state index in [1.54, 1.807) is 7.11 Å². The van der Waals surface area contributed by atoms with E-state index in [2.05, 4.69) is 35.8 Å². The van der Waals surface area contributed by atoms with Gasteiger partial charge in [-0.25, -0.2) is 0 Å². The van der Waals surface area contributed by atoms with Crippen LogP contribution in [0.15, 0.2) is 49.1 Å². The summed E-state index contributed by atoms with van der Waals surface area (Å²) in [4.78, 5) is 2.45. The highest BCUT2D eigenvalue weighted by molar-refractivity contribution is 5.87. The van der Waals surface area contributed by atoms with Crippen molar-refractivity contribution in [2.45, 2.75) is 25.0 Å². The van der Waals surface area contributed by atoms with Gasteiger partial charge in [-0.2, -0.15) is 0 Å². The van der Waals surface area contributed by atoms with Crippen molar-refractivity contribution >= 4 is 10.8 Å². The summed E-state index contributed by atoms with van der Waals surface area (Å²) in [6, 6.07) is 12.5. The lowest BCUT2D eigenvalue weighted by molar-refractivity contribution is -0.0444. The molecule has 2 aromatic carbocycles. The Morgan fingerprint density at radius 3 is 2.92 bits per heavy atom. The van der Waals surface area contributed by atoms with Crippen LogP contribution in [0.1, 0.15) is 24.5 Å². The van der Waals surface area contributed by atoms with Crippen molar-refractivity contribution in [1.82, 2.24) is 4.90 Å². The van der Waals surface area contributed by atoms with E-state index in [4.69, 9.17) is 4.74 Å². The fourth-order valence-electron chi connectivity index (χ4n) is 4.57. The van der Waals surface area contributed by atoms with Gasteiger partial charge in [0.25, 0.3) is 0 Å². The van der Waals surface area contributed by atoms with E-state index in [0.717, 1.165) is 41.6 Å². The molecule has 5 rings (SSSR count). The number of aliphatic hydroxyl groups excluding tert-OH is 1. The van der Waals surface area contributed by atoms with Gasteiger partial charge in [0, 0.05) is 12.6 Å². The molecule has 0 saturated carbocycles. The molecule has 3 nitrogen and oxygen atoms in total. The smallest absolute Gasteiger partial charge is 0.119 e. The number of fused-ring (bicyclic) bond motifs is 4. The average Bonchev–Trinajstić information content (AvgIpc) is 2.66. The third-order valence-electron chi connectivity index (χ3n) is 5.96. The summed E-state index contributed by atoms with van der Waals surface area (Å²) >= 11 is 0. The summed E-state index contributed by atoms with van der Waals surface area (Å²) in [6.07, 6.45) is 3.92. The van der Waals surface area contributed by atoms with Crippen LogP contribution in [-0.4, -0.2) is 36.2 Å². The van der Waals surface area contributed by atoms with Gasteiger partial charge in [0.1, 0.15) is 5.75 Å². The molecule has 3 saturated heterocycles. The molecule has 0 aliphatic carbocycles. The molecule has 0 radical (unpaired) electrons. The highest BCUT2D eigenvalue weighted by atomic mass is 16.5. The summed E-state index contributed by atoms with van der Waals surface area (Å²) in [5.41, 5.74) is 1.01. The zero-order valence-corrected chi connectivity index (χ0v) is 14.2. The molecule has 1 N–H and O–H groups in total. The molecule has 24 heavy (non-hydrogen) atoms. The SMILES string of the molecule is C=C[C@H]1CN2CC[C@H]1C[C@H]2[C@H](O)c1cccc2ccc(OC)cc12. The zero-order valence-electron chi connectivity index (χ0n) is 14.2. The third-order valence-corrected chi connectivity index (χ3v) is 5.96. The maximum atomic E-state index is 11.2. The molecule has 3 aliphatic rings. The van der Waals surface area contributed by atoms with Crippen LogP contribution in [0.2, 0.25) is 0 Å². The van der Waals surface area contributed by atoms with E-state index in [1.807, 2.05) is 18.2 Å². The van der Waals surface area contributed by atoms with E-state index in [-0.39, 0.29) is 6.04 Å². The van der Waals surface area contributed by atoms with Crippen molar-refractivity contribution < 1.29 is 9.84 Å². The van der Waals surface area contributed by atoms with Gasteiger partial charge in [-0.3, -0.25) is 4.90 Å². The predicted octanol–water partition coefficient (Wildman–Crippen LogP) is 3.78. The van der Waals surface area contributed by atoms with E-state index in [1.165, 1.54) is 6.42 Å². The fourth-order valence-corrected chi connectivity index (χ4v) is 4.57. The number of benzene rings is 2. The Balaban J connectivity index is 1.69. The lowest BCUT2D eigenvalue weighted by atomic mass is 9.73. The molecule has 3 heterocycles. The number of aliphatic hydroxyl groups is 1. The second-order valence-corrected chi connectivity index (χ2v) is 7.13. The second-order valence-electron chi connectivity index (χ2n) is 7.13. The van der Waals surface area contributed by atoms with Crippen LogP contribution >= 0.6 is 0 Å². The van der Waals surface area contributed by atoms with E-state index in [9.17, 15) is 5.11 Å². The molecule has 3 aliphatic heterocycles. The van der Waals surface area contributed by atoms with E-state index >= 15 is 0 Å². The first kappa shape index (κ1) is 15.7. The van der Waals surface area contributed by atoms with Crippen molar-refractivity contribution in [2.75, 3.05) is 20.2 Å². The molecule has 126 valence electrons. The Bertz CT molecular complexity index is 757. The van der Waals surface area contributed by atoms with Crippen molar-refractivity contribution in [1.29, 1.82) is 0 Å². The number of piperidine rings is 3. The molecule has 0 aromatic heterocycles. The van der Waals surface area contributed by atoms with Crippen molar-refractivity contribution in [3.05, 3.63) is 54.6 Å². The van der Waals surface area contributed by atoms with Gasteiger partial charge >= 0.3 is 0 Å². The van der Waals surface area contributed by atoms with Gasteiger partial charge in [-0.15, -0.1) is 6.58 Å². The Morgan fingerprint density at radius 2 is 2.21 bits per heavy atom. The number of nitrogens with zero attached hydrogens (tertiary/aromatic N) is 1. The lowest BCUT2D eigenvalue weighted by Crippen LogP contribution is -2.54. The molecule has 3 heteroatoms. The van der Waals surface area contributed by atoms with Gasteiger partial charge in [0.2, 0.25) is 0 Å². The molecule has 5 atom stereocenters. The monoisotopic (exact) mass is 323 g/mol. The molecular weight excluding hydrogens is 298 g/mol. The van der Waals surface area contributed by atoms with Gasteiger partial charge in [-0.1, -0.05) is 30.3 Å². The second kappa shape index (κ2) is 6.23. The molecule has 2 bridgehead atoms. The van der Waals surface area contributed by atoms with Gasteiger partial charge in [0.05, 0.1) is 13.2 Å². The topological polar surface area (TPSA) is 32.7 Å². The highest BCUT2D eigenvalue weighted by Gasteiger charge is 2.42. The molecule has 0 spiro atoms. The summed E-state index contributed by atoms with van der Waals surface area (Å²) in [6.45, 7) is 6.11. The molecule has 1 unspecified atom stereocenters. The number of hydrogen-bond donors (Lipinski definition) is 1. The van der Waals surface area contributed by atoms with Gasteiger partial charge in [0.15, 0.2) is 0 Å². The third kappa shape index (κ3) is 2.52. The van der Waals surface area contributed by atoms with Gasteiger partial charge in [-0.05, 0) is 59.7 Å². The van der Waals surface area contributed by atoms with Crippen LogP contribution in [-0.2, 0) is 0 Å². The van der Waals surface area contributed by atoms with Crippen molar-refractivity contribution in [2.24, 2.45) is 11.8 Å². The molecule has 0 amide bonds. The molecular formula is C21H25NO2. The zero-order chi connectivity index (χ0) is 16.7. The Kier molecular flexibility index (Phi) is 4.07. The lowest BCUT2D eigenvalue weighted by Gasteiger charge is -2.50. The number of methoxy groups -OCH3 is 1. The first-order valence-electron chi connectivity index (χ1n) is 8.82. The summed E-state index contributed by atoms with van der Waals surface area (Å²) in [5.74, 6) is 2.07. The number of ether oxygens (including phenoxy) is 1. The Hall–Kier alpha value is -1.84. The predicted molar refractivity (Wildman–Crippen MR) is 97.2 cm³/mol. The summed E-state index contributed by atoms with van der Waals surface area (Å²) < 4.78 is 5.38. The maximum absolute atomic E-state index is 11.2. The first-order chi connectivity index (χ1) is 11.7. The van der Waals surface area contributed by atoms with Crippen LogP contribution in [0.4, 0.5) is 0 Å². The Morgan fingerprint density at radius 1 is 1.33 bits per heavy atom.